The molecule has 1 fully saturated rings. The van der Waals surface area contributed by atoms with E-state index in [1.807, 2.05) is 11.8 Å². The van der Waals surface area contributed by atoms with Crippen LogP contribution in [0.5, 0.6) is 11.5 Å². The number of methoxy groups -OCH3 is 2. The average molecular weight is 395 g/mol. The third kappa shape index (κ3) is 4.33. The molecule has 0 bridgehead atoms. The van der Waals surface area contributed by atoms with Gasteiger partial charge in [0.1, 0.15) is 0 Å². The first-order valence-electron chi connectivity index (χ1n) is 8.78. The summed E-state index contributed by atoms with van der Waals surface area (Å²) in [6.45, 7) is 4.40. The molecule has 0 aliphatic carbocycles. The van der Waals surface area contributed by atoms with E-state index in [9.17, 15) is 4.79 Å². The van der Waals surface area contributed by atoms with E-state index in [2.05, 4.69) is 15.5 Å². The van der Waals surface area contributed by atoms with Crippen molar-refractivity contribution in [1.82, 2.24) is 20.4 Å². The molecule has 2 aromatic rings. The Labute approximate surface area is 162 Å². The van der Waals surface area contributed by atoms with E-state index in [0.29, 0.717) is 46.6 Å². The Morgan fingerprint density at radius 1 is 1.41 bits per heavy atom. The van der Waals surface area contributed by atoms with E-state index in [-0.39, 0.29) is 11.9 Å². The lowest BCUT2D eigenvalue weighted by molar-refractivity contribution is -0.134. The van der Waals surface area contributed by atoms with E-state index in [0.717, 1.165) is 19.6 Å². The summed E-state index contributed by atoms with van der Waals surface area (Å²) in [5.41, 5.74) is 0.648. The molecule has 8 nitrogen and oxygen atoms in total. The summed E-state index contributed by atoms with van der Waals surface area (Å²) in [6, 6.07) is 3.61. The molecule has 3 rings (SSSR count). The van der Waals surface area contributed by atoms with Gasteiger partial charge in [0.15, 0.2) is 11.5 Å². The van der Waals surface area contributed by atoms with Gasteiger partial charge >= 0.3 is 0 Å². The number of amides is 1. The quantitative estimate of drug-likeness (QED) is 0.802. The van der Waals surface area contributed by atoms with Gasteiger partial charge in [-0.2, -0.15) is 4.98 Å². The number of carbonyl (C=O) groups excluding carboxylic acids is 1. The molecule has 1 aromatic heterocycles. The number of carbonyl (C=O) groups is 1. The fraction of sp³-hybridized carbons (Fsp3) is 0.500. The number of benzene rings is 1. The van der Waals surface area contributed by atoms with Crippen LogP contribution in [0.1, 0.15) is 19.2 Å². The molecule has 0 saturated carbocycles. The van der Waals surface area contributed by atoms with Crippen molar-refractivity contribution < 1.29 is 18.8 Å². The molecule has 0 unspecified atom stereocenters. The van der Waals surface area contributed by atoms with Crippen molar-refractivity contribution in [3.63, 3.8) is 0 Å². The zero-order chi connectivity index (χ0) is 19.4. The van der Waals surface area contributed by atoms with Crippen molar-refractivity contribution >= 4 is 17.5 Å². The number of rotatable bonds is 6. The minimum absolute atomic E-state index is 0.0953. The molecule has 146 valence electrons. The smallest absolute Gasteiger partial charge is 0.227 e. The second-order valence-electron chi connectivity index (χ2n) is 6.35. The molecule has 1 saturated heterocycles. The van der Waals surface area contributed by atoms with Gasteiger partial charge in [0.2, 0.25) is 17.6 Å². The van der Waals surface area contributed by atoms with E-state index in [1.54, 1.807) is 12.1 Å². The summed E-state index contributed by atoms with van der Waals surface area (Å²) >= 11 is 6.23. The highest BCUT2D eigenvalue weighted by Crippen LogP contribution is 2.38. The first kappa shape index (κ1) is 19.4. The Bertz CT molecular complexity index is 811. The van der Waals surface area contributed by atoms with Crippen LogP contribution < -0.4 is 14.8 Å². The summed E-state index contributed by atoms with van der Waals surface area (Å²) in [5, 5.41) is 7.65. The lowest BCUT2D eigenvalue weighted by Gasteiger charge is -2.34. The highest BCUT2D eigenvalue weighted by atomic mass is 35.5. The standard InChI is InChI=1S/C18H23ClN4O4/c1-11-10-20-6-7-23(11)16(24)5-4-15-21-18(22-27-15)12-8-13(19)17(26-3)14(9-12)25-2/h8-9,11,20H,4-7,10H2,1-3H3/t11-/m1/s1. The maximum absolute atomic E-state index is 12.4. The van der Waals surface area contributed by atoms with Gasteiger partial charge in [-0.25, -0.2) is 0 Å². The Balaban J connectivity index is 1.68. The molecule has 0 spiro atoms. The number of nitrogens with one attached hydrogen (secondary N) is 1. The first-order chi connectivity index (χ1) is 13.0. The molecular formula is C18H23ClN4O4. The SMILES string of the molecule is COc1cc(-c2noc(CCC(=O)N3CCNC[C@H]3C)n2)cc(Cl)c1OC. The molecule has 27 heavy (non-hydrogen) atoms. The van der Waals surface area contributed by atoms with Crippen molar-refractivity contribution in [3.8, 4) is 22.9 Å². The maximum atomic E-state index is 12.4. The minimum atomic E-state index is 0.0953. The normalized spacial score (nSPS) is 17.0. The van der Waals surface area contributed by atoms with Gasteiger partial charge in [0.05, 0.1) is 19.2 Å². The number of aromatic nitrogens is 2. The zero-order valence-electron chi connectivity index (χ0n) is 15.6. The second-order valence-corrected chi connectivity index (χ2v) is 6.75. The van der Waals surface area contributed by atoms with Gasteiger partial charge < -0.3 is 24.2 Å². The van der Waals surface area contributed by atoms with Crippen LogP contribution in [-0.2, 0) is 11.2 Å². The number of nitrogens with zero attached hydrogens (tertiary/aromatic N) is 3. The summed E-state index contributed by atoms with van der Waals surface area (Å²) in [7, 11) is 3.05. The Morgan fingerprint density at radius 2 is 2.22 bits per heavy atom. The largest absolute Gasteiger partial charge is 0.493 e. The predicted octanol–water partition coefficient (Wildman–Crippen LogP) is 2.16. The molecular weight excluding hydrogens is 372 g/mol. The van der Waals surface area contributed by atoms with Crippen molar-refractivity contribution in [2.24, 2.45) is 0 Å². The number of aryl methyl sites for hydroxylation is 1. The van der Waals surface area contributed by atoms with Gasteiger partial charge in [-0.1, -0.05) is 16.8 Å². The summed E-state index contributed by atoms with van der Waals surface area (Å²) in [6.07, 6.45) is 0.724. The van der Waals surface area contributed by atoms with E-state index < -0.39 is 0 Å². The monoisotopic (exact) mass is 394 g/mol. The first-order valence-corrected chi connectivity index (χ1v) is 9.16. The average Bonchev–Trinajstić information content (AvgIpc) is 3.15. The van der Waals surface area contributed by atoms with Gasteiger partial charge in [-0.3, -0.25) is 4.79 Å². The number of hydrogen-bond donors (Lipinski definition) is 1. The summed E-state index contributed by atoms with van der Waals surface area (Å²) in [4.78, 5) is 18.7. The minimum Gasteiger partial charge on any atom is -0.493 e. The number of piperazine rings is 1. The van der Waals surface area contributed by atoms with Gasteiger partial charge in [-0.15, -0.1) is 0 Å². The van der Waals surface area contributed by atoms with Crippen LogP contribution in [0.2, 0.25) is 5.02 Å². The molecule has 9 heteroatoms. The lowest BCUT2D eigenvalue weighted by atomic mass is 10.1. The molecule has 1 aromatic carbocycles. The third-order valence-electron chi connectivity index (χ3n) is 4.53. The molecule has 0 radical (unpaired) electrons. The Morgan fingerprint density at radius 3 is 2.93 bits per heavy atom. The third-order valence-corrected chi connectivity index (χ3v) is 4.81. The van der Waals surface area contributed by atoms with Crippen molar-refractivity contribution in [2.45, 2.75) is 25.8 Å². The van der Waals surface area contributed by atoms with Gasteiger partial charge in [-0.05, 0) is 19.1 Å². The molecule has 1 amide bonds. The van der Waals surface area contributed by atoms with Crippen molar-refractivity contribution in [3.05, 3.63) is 23.0 Å². The van der Waals surface area contributed by atoms with E-state index >= 15 is 0 Å². The molecule has 1 atom stereocenters. The van der Waals surface area contributed by atoms with Crippen LogP contribution in [0.15, 0.2) is 16.7 Å². The fourth-order valence-electron chi connectivity index (χ4n) is 3.09. The van der Waals surface area contributed by atoms with E-state index in [4.69, 9.17) is 25.6 Å². The van der Waals surface area contributed by atoms with Crippen molar-refractivity contribution in [2.75, 3.05) is 33.9 Å². The van der Waals surface area contributed by atoms with Crippen LogP contribution in [0.4, 0.5) is 0 Å². The van der Waals surface area contributed by atoms with Crippen LogP contribution >= 0.6 is 11.6 Å². The topological polar surface area (TPSA) is 89.7 Å². The van der Waals surface area contributed by atoms with Gasteiger partial charge in [0.25, 0.3) is 0 Å². The fourth-order valence-corrected chi connectivity index (χ4v) is 3.38. The lowest BCUT2D eigenvalue weighted by Crippen LogP contribution is -2.52. The Hall–Kier alpha value is -2.32. The van der Waals surface area contributed by atoms with Crippen molar-refractivity contribution in [1.29, 1.82) is 0 Å². The molecule has 1 aliphatic heterocycles. The predicted molar refractivity (Wildman–Crippen MR) is 100 cm³/mol. The van der Waals surface area contributed by atoms with Crippen LogP contribution in [0, 0.1) is 0 Å². The number of hydrogen-bond acceptors (Lipinski definition) is 7. The number of ether oxygens (including phenoxy) is 2. The number of halogens is 1. The van der Waals surface area contributed by atoms with E-state index in [1.165, 1.54) is 14.2 Å². The molecule has 1 N–H and O–H groups in total. The highest BCUT2D eigenvalue weighted by molar-refractivity contribution is 6.32. The molecule has 1 aliphatic rings. The molecule has 2 heterocycles. The van der Waals surface area contributed by atoms with Gasteiger partial charge in [0, 0.05) is 44.1 Å². The van der Waals surface area contributed by atoms with Crippen LogP contribution in [0.25, 0.3) is 11.4 Å². The Kier molecular flexibility index (Phi) is 6.18. The van der Waals surface area contributed by atoms with Crippen LogP contribution in [0.3, 0.4) is 0 Å². The maximum Gasteiger partial charge on any atom is 0.227 e. The zero-order valence-corrected chi connectivity index (χ0v) is 16.4. The van der Waals surface area contributed by atoms with Crippen LogP contribution in [-0.4, -0.2) is 60.8 Å². The second kappa shape index (κ2) is 8.58. The summed E-state index contributed by atoms with van der Waals surface area (Å²) < 4.78 is 15.8. The summed E-state index contributed by atoms with van der Waals surface area (Å²) in [5.74, 6) is 1.82. The highest BCUT2D eigenvalue weighted by Gasteiger charge is 2.23.